The zero-order chi connectivity index (χ0) is 20.3. The summed E-state index contributed by atoms with van der Waals surface area (Å²) in [6.07, 6.45) is 2.66. The molecule has 0 fully saturated rings. The highest BCUT2D eigenvalue weighted by Crippen LogP contribution is 2.34. The second-order valence-electron chi connectivity index (χ2n) is 7.32. The zero-order valence-corrected chi connectivity index (χ0v) is 17.4. The first-order valence-electron chi connectivity index (χ1n) is 9.44. The van der Waals surface area contributed by atoms with Crippen molar-refractivity contribution in [2.75, 3.05) is 35.6 Å². The van der Waals surface area contributed by atoms with Crippen LogP contribution in [0, 0.1) is 0 Å². The van der Waals surface area contributed by atoms with Gasteiger partial charge < -0.3 is 10.2 Å². The van der Waals surface area contributed by atoms with Crippen molar-refractivity contribution < 1.29 is 13.2 Å². The summed E-state index contributed by atoms with van der Waals surface area (Å²) in [5, 5.41) is 2.95. The Balaban J connectivity index is 1.55. The monoisotopic (exact) mass is 401 g/mol. The molecule has 0 bridgehead atoms. The number of rotatable bonds is 7. The first kappa shape index (κ1) is 20.2. The molecule has 1 amide bonds. The Labute approximate surface area is 167 Å². The van der Waals surface area contributed by atoms with E-state index >= 15 is 0 Å². The van der Waals surface area contributed by atoms with Crippen LogP contribution in [0.25, 0.3) is 0 Å². The molecule has 1 N–H and O–H groups in total. The first-order valence-corrected chi connectivity index (χ1v) is 11.3. The summed E-state index contributed by atoms with van der Waals surface area (Å²) in [7, 11) is -1.28. The Morgan fingerprint density at radius 1 is 1.21 bits per heavy atom. The molecule has 1 unspecified atom stereocenters. The van der Waals surface area contributed by atoms with Crippen molar-refractivity contribution in [3.63, 3.8) is 0 Å². The normalized spacial score (nSPS) is 16.0. The molecule has 2 aromatic carbocycles. The molecular formula is C21H27N3O3S. The maximum Gasteiger partial charge on any atom is 0.251 e. The van der Waals surface area contributed by atoms with Crippen molar-refractivity contribution in [1.29, 1.82) is 0 Å². The van der Waals surface area contributed by atoms with Crippen LogP contribution in [0.2, 0.25) is 0 Å². The third-order valence-electron chi connectivity index (χ3n) is 5.00. The van der Waals surface area contributed by atoms with Crippen LogP contribution < -0.4 is 14.5 Å². The van der Waals surface area contributed by atoms with Gasteiger partial charge in [0, 0.05) is 37.4 Å². The number of nitrogens with one attached hydrogen (secondary N) is 1. The number of sulfonamides is 1. The first-order chi connectivity index (χ1) is 13.3. The molecule has 0 saturated carbocycles. The lowest BCUT2D eigenvalue weighted by atomic mass is 10.1. The Hall–Kier alpha value is -2.54. The third-order valence-corrected chi connectivity index (χ3v) is 6.28. The van der Waals surface area contributed by atoms with Crippen molar-refractivity contribution in [2.45, 2.75) is 25.8 Å². The number of carbonyl (C=O) groups excluding carboxylic acids is 1. The Kier molecular flexibility index (Phi) is 5.93. The van der Waals surface area contributed by atoms with Crippen molar-refractivity contribution in [3.05, 3.63) is 59.7 Å². The predicted molar refractivity (Wildman–Crippen MR) is 114 cm³/mol. The van der Waals surface area contributed by atoms with E-state index in [9.17, 15) is 13.2 Å². The highest BCUT2D eigenvalue weighted by atomic mass is 32.2. The number of amides is 1. The Morgan fingerprint density at radius 2 is 1.93 bits per heavy atom. The van der Waals surface area contributed by atoms with Crippen LogP contribution in [0.3, 0.4) is 0 Å². The van der Waals surface area contributed by atoms with E-state index in [0.717, 1.165) is 24.2 Å². The van der Waals surface area contributed by atoms with Gasteiger partial charge in [0.25, 0.3) is 5.91 Å². The summed E-state index contributed by atoms with van der Waals surface area (Å²) in [6, 6.07) is 15.2. The minimum atomic E-state index is -3.32. The molecule has 0 radical (unpaired) electrons. The van der Waals surface area contributed by atoms with Crippen LogP contribution >= 0.6 is 0 Å². The van der Waals surface area contributed by atoms with E-state index in [0.29, 0.717) is 24.2 Å². The molecule has 28 heavy (non-hydrogen) atoms. The molecule has 0 aromatic heterocycles. The van der Waals surface area contributed by atoms with Crippen molar-refractivity contribution in [1.82, 2.24) is 5.32 Å². The van der Waals surface area contributed by atoms with Gasteiger partial charge in [0.2, 0.25) is 10.0 Å². The number of carbonyl (C=O) groups is 1. The van der Waals surface area contributed by atoms with Gasteiger partial charge in [0.15, 0.2) is 0 Å². The standard InChI is InChI=1S/C21H27N3O3S/c1-16-14-18-15-17(10-11-20(18)24(16)28(3,26)27)21(25)22-12-7-13-23(2)19-8-5-4-6-9-19/h4-6,8-11,15-16H,7,12-14H2,1-3H3,(H,22,25). The van der Waals surface area contributed by atoms with Crippen LogP contribution in [-0.4, -0.2) is 46.8 Å². The minimum Gasteiger partial charge on any atom is -0.375 e. The zero-order valence-electron chi connectivity index (χ0n) is 16.6. The molecular weight excluding hydrogens is 374 g/mol. The van der Waals surface area contributed by atoms with E-state index < -0.39 is 10.0 Å². The minimum absolute atomic E-state index is 0.128. The van der Waals surface area contributed by atoms with Gasteiger partial charge in [-0.25, -0.2) is 8.42 Å². The molecule has 0 aliphatic carbocycles. The molecule has 1 heterocycles. The van der Waals surface area contributed by atoms with Gasteiger partial charge in [-0.2, -0.15) is 0 Å². The number of hydrogen-bond acceptors (Lipinski definition) is 4. The maximum absolute atomic E-state index is 12.5. The van der Waals surface area contributed by atoms with Crippen LogP contribution in [0.5, 0.6) is 0 Å². The van der Waals surface area contributed by atoms with Gasteiger partial charge in [-0.05, 0) is 55.7 Å². The number of benzene rings is 2. The largest absolute Gasteiger partial charge is 0.375 e. The van der Waals surface area contributed by atoms with Crippen LogP contribution in [0.4, 0.5) is 11.4 Å². The summed E-state index contributed by atoms with van der Waals surface area (Å²) in [6.45, 7) is 3.30. The summed E-state index contributed by atoms with van der Waals surface area (Å²) in [5.41, 5.74) is 3.29. The van der Waals surface area contributed by atoms with E-state index in [1.54, 1.807) is 12.1 Å². The number of para-hydroxylation sites is 1. The van der Waals surface area contributed by atoms with E-state index in [1.807, 2.05) is 38.2 Å². The fraction of sp³-hybridized carbons (Fsp3) is 0.381. The van der Waals surface area contributed by atoms with Crippen molar-refractivity contribution >= 4 is 27.3 Å². The van der Waals surface area contributed by atoms with Gasteiger partial charge >= 0.3 is 0 Å². The predicted octanol–water partition coefficient (Wildman–Crippen LogP) is 2.65. The topological polar surface area (TPSA) is 69.7 Å². The summed E-state index contributed by atoms with van der Waals surface area (Å²) in [4.78, 5) is 14.6. The quantitative estimate of drug-likeness (QED) is 0.724. The van der Waals surface area contributed by atoms with Gasteiger partial charge in [-0.15, -0.1) is 0 Å². The molecule has 1 aliphatic heterocycles. The SMILES string of the molecule is CC1Cc2cc(C(=O)NCCCN(C)c3ccccc3)ccc2N1S(C)(=O)=O. The number of hydrogen-bond donors (Lipinski definition) is 1. The van der Waals surface area contributed by atoms with Crippen LogP contribution in [0.15, 0.2) is 48.5 Å². The Bertz CT molecular complexity index is 945. The van der Waals surface area contributed by atoms with Crippen molar-refractivity contribution in [2.24, 2.45) is 0 Å². The molecule has 3 rings (SSSR count). The van der Waals surface area contributed by atoms with E-state index in [-0.39, 0.29) is 11.9 Å². The van der Waals surface area contributed by atoms with Crippen LogP contribution in [-0.2, 0) is 16.4 Å². The highest BCUT2D eigenvalue weighted by molar-refractivity contribution is 7.92. The average Bonchev–Trinajstić information content (AvgIpc) is 3.00. The lowest BCUT2D eigenvalue weighted by Gasteiger charge is -2.22. The molecule has 1 aliphatic rings. The van der Waals surface area contributed by atoms with E-state index in [4.69, 9.17) is 0 Å². The van der Waals surface area contributed by atoms with Gasteiger partial charge in [0.1, 0.15) is 0 Å². The molecule has 150 valence electrons. The lowest BCUT2D eigenvalue weighted by Crippen LogP contribution is -2.34. The smallest absolute Gasteiger partial charge is 0.251 e. The molecule has 0 saturated heterocycles. The molecule has 0 spiro atoms. The fourth-order valence-corrected chi connectivity index (χ4v) is 4.94. The molecule has 2 aromatic rings. The average molecular weight is 402 g/mol. The van der Waals surface area contributed by atoms with Gasteiger partial charge in [-0.1, -0.05) is 18.2 Å². The highest BCUT2D eigenvalue weighted by Gasteiger charge is 2.32. The van der Waals surface area contributed by atoms with Crippen LogP contribution in [0.1, 0.15) is 29.3 Å². The third kappa shape index (κ3) is 4.47. The fourth-order valence-electron chi connectivity index (χ4n) is 3.68. The number of fused-ring (bicyclic) bond motifs is 1. The van der Waals surface area contributed by atoms with E-state index in [2.05, 4.69) is 22.3 Å². The summed E-state index contributed by atoms with van der Waals surface area (Å²) >= 11 is 0. The van der Waals surface area contributed by atoms with Gasteiger partial charge in [0.05, 0.1) is 11.9 Å². The number of anilines is 2. The second kappa shape index (κ2) is 8.22. The Morgan fingerprint density at radius 3 is 2.61 bits per heavy atom. The summed E-state index contributed by atoms with van der Waals surface area (Å²) < 4.78 is 25.4. The van der Waals surface area contributed by atoms with Gasteiger partial charge in [-0.3, -0.25) is 9.10 Å². The lowest BCUT2D eigenvalue weighted by molar-refractivity contribution is 0.0953. The second-order valence-corrected chi connectivity index (χ2v) is 9.18. The summed E-state index contributed by atoms with van der Waals surface area (Å²) in [5.74, 6) is -0.129. The number of nitrogens with zero attached hydrogens (tertiary/aromatic N) is 2. The maximum atomic E-state index is 12.5. The van der Waals surface area contributed by atoms with Crippen molar-refractivity contribution in [3.8, 4) is 0 Å². The molecule has 6 nitrogen and oxygen atoms in total. The van der Waals surface area contributed by atoms with E-state index in [1.165, 1.54) is 10.6 Å². The molecule has 1 atom stereocenters. The molecule has 7 heteroatoms.